The fourth-order valence-electron chi connectivity index (χ4n) is 7.57. The Kier molecular flexibility index (Phi) is 6.24. The summed E-state index contributed by atoms with van der Waals surface area (Å²) in [5.41, 5.74) is 2.76. The van der Waals surface area contributed by atoms with Crippen molar-refractivity contribution in [1.82, 2.24) is 0 Å². The van der Waals surface area contributed by atoms with Crippen molar-refractivity contribution in [3.63, 3.8) is 0 Å². The van der Waals surface area contributed by atoms with Crippen molar-refractivity contribution in [1.29, 1.82) is 0 Å². The molecular formula is C32H38O6. The molecule has 202 valence electrons. The monoisotopic (exact) mass is 518 g/mol. The minimum atomic E-state index is -0.848. The Morgan fingerprint density at radius 2 is 1.87 bits per heavy atom. The topological polar surface area (TPSA) is 78.9 Å². The van der Waals surface area contributed by atoms with E-state index in [9.17, 15) is 14.4 Å². The van der Waals surface area contributed by atoms with Gasteiger partial charge in [0.1, 0.15) is 17.3 Å². The third kappa shape index (κ3) is 4.13. The molecule has 0 aromatic carbocycles. The summed E-state index contributed by atoms with van der Waals surface area (Å²) in [4.78, 5) is 37.1. The summed E-state index contributed by atoms with van der Waals surface area (Å²) in [6.07, 6.45) is 14.2. The zero-order valence-corrected chi connectivity index (χ0v) is 23.3. The Hall–Kier alpha value is -3.15. The smallest absolute Gasteiger partial charge is 0.333 e. The highest BCUT2D eigenvalue weighted by atomic mass is 16.6. The van der Waals surface area contributed by atoms with Crippen molar-refractivity contribution in [3.05, 3.63) is 70.9 Å². The minimum Gasteiger partial charge on any atom is -0.458 e. The molecular weight excluding hydrogens is 480 g/mol. The summed E-state index contributed by atoms with van der Waals surface area (Å²) >= 11 is 0. The van der Waals surface area contributed by atoms with Crippen molar-refractivity contribution in [2.24, 2.45) is 23.2 Å². The number of rotatable bonds is 3. The van der Waals surface area contributed by atoms with E-state index in [0.717, 1.165) is 28.7 Å². The molecule has 2 heterocycles. The molecule has 0 aromatic rings. The van der Waals surface area contributed by atoms with Crippen LogP contribution < -0.4 is 0 Å². The molecule has 6 nitrogen and oxygen atoms in total. The first-order valence-corrected chi connectivity index (χ1v) is 13.6. The van der Waals surface area contributed by atoms with Crippen LogP contribution >= 0.6 is 0 Å². The van der Waals surface area contributed by atoms with E-state index >= 15 is 0 Å². The number of allylic oxidation sites excluding steroid dienone is 4. The highest BCUT2D eigenvalue weighted by molar-refractivity contribution is 5.88. The minimum absolute atomic E-state index is 0.00837. The zero-order valence-electron chi connectivity index (χ0n) is 23.3. The molecule has 0 spiro atoms. The molecule has 1 saturated carbocycles. The van der Waals surface area contributed by atoms with Crippen LogP contribution in [0, 0.1) is 23.2 Å². The summed E-state index contributed by atoms with van der Waals surface area (Å²) in [6, 6.07) is 0. The van der Waals surface area contributed by atoms with Gasteiger partial charge in [-0.2, -0.15) is 0 Å². The maximum absolute atomic E-state index is 12.5. The van der Waals surface area contributed by atoms with Crippen molar-refractivity contribution < 1.29 is 28.6 Å². The standard InChI is InChI=1S/C32H38O6/c1-18-8-11-26(36-29(18)35)20(3)23-14-15-31(7)25(19(23)2)17-32(37-21(4)33)16-22-9-13-28(34)38-30(5,6)24(22)10-12-27(31)32/h8-10,13-14,16,20,25-27H,2,11-12,15,17H2,1,3-7H3/t20-,25+,26-,27?,31-,32-/m1/s1. The first-order chi connectivity index (χ1) is 17.8. The van der Waals surface area contributed by atoms with E-state index in [-0.39, 0.29) is 47.2 Å². The van der Waals surface area contributed by atoms with Gasteiger partial charge in [-0.05, 0) is 85.8 Å². The maximum atomic E-state index is 12.5. The van der Waals surface area contributed by atoms with Gasteiger partial charge in [0, 0.05) is 36.8 Å². The number of esters is 3. The Morgan fingerprint density at radius 3 is 2.55 bits per heavy atom. The van der Waals surface area contributed by atoms with Gasteiger partial charge >= 0.3 is 17.9 Å². The fraction of sp³-hybridized carbons (Fsp3) is 0.531. The summed E-state index contributed by atoms with van der Waals surface area (Å²) in [5, 5.41) is 0. The first kappa shape index (κ1) is 26.5. The molecule has 2 aliphatic heterocycles. The van der Waals surface area contributed by atoms with E-state index in [1.165, 1.54) is 13.0 Å². The highest BCUT2D eigenvalue weighted by Gasteiger charge is 2.63. The lowest BCUT2D eigenvalue weighted by Gasteiger charge is -2.44. The summed E-state index contributed by atoms with van der Waals surface area (Å²) < 4.78 is 17.7. The van der Waals surface area contributed by atoms with Gasteiger partial charge in [0.25, 0.3) is 0 Å². The van der Waals surface area contributed by atoms with E-state index in [0.29, 0.717) is 24.8 Å². The van der Waals surface area contributed by atoms with E-state index in [4.69, 9.17) is 14.2 Å². The third-order valence-corrected chi connectivity index (χ3v) is 9.55. The van der Waals surface area contributed by atoms with Crippen molar-refractivity contribution in [2.75, 3.05) is 0 Å². The van der Waals surface area contributed by atoms with Crippen LogP contribution in [0.4, 0.5) is 0 Å². The number of hydrogen-bond acceptors (Lipinski definition) is 6. The van der Waals surface area contributed by atoms with Gasteiger partial charge in [0.2, 0.25) is 0 Å². The lowest BCUT2D eigenvalue weighted by molar-refractivity contribution is -0.157. The lowest BCUT2D eigenvalue weighted by Crippen LogP contribution is -2.42. The number of cyclic esters (lactones) is 2. The van der Waals surface area contributed by atoms with Crippen LogP contribution in [0.2, 0.25) is 0 Å². The maximum Gasteiger partial charge on any atom is 0.333 e. The lowest BCUT2D eigenvalue weighted by atomic mass is 9.61. The van der Waals surface area contributed by atoms with Crippen LogP contribution in [0.25, 0.3) is 0 Å². The number of ether oxygens (including phenoxy) is 3. The molecule has 0 amide bonds. The second-order valence-electron chi connectivity index (χ2n) is 12.3. The number of carbonyl (C=O) groups excluding carboxylic acids is 3. The molecule has 5 rings (SSSR count). The van der Waals surface area contributed by atoms with Gasteiger partial charge in [-0.15, -0.1) is 0 Å². The molecule has 0 radical (unpaired) electrons. The van der Waals surface area contributed by atoms with Crippen LogP contribution in [-0.4, -0.2) is 35.2 Å². The van der Waals surface area contributed by atoms with Gasteiger partial charge in [-0.3, -0.25) is 4.79 Å². The van der Waals surface area contributed by atoms with Crippen molar-refractivity contribution >= 4 is 17.9 Å². The SMILES string of the molecule is C=C1C([C@@H](C)[C@H]2CC=C(C)C(=O)O2)=CC[C@@]2(C)C3CC=C4C(=C[C@@]3(OC(C)=O)C[C@@H]12)C=CC(=O)OC4(C)C. The molecule has 0 N–H and O–H groups in total. The number of fused-ring (bicyclic) bond motifs is 4. The van der Waals surface area contributed by atoms with E-state index < -0.39 is 11.2 Å². The molecule has 6 atom stereocenters. The van der Waals surface area contributed by atoms with Crippen molar-refractivity contribution in [2.45, 2.75) is 84.5 Å². The summed E-state index contributed by atoms with van der Waals surface area (Å²) in [6.45, 7) is 16.0. The van der Waals surface area contributed by atoms with Gasteiger partial charge in [0.15, 0.2) is 0 Å². The summed E-state index contributed by atoms with van der Waals surface area (Å²) in [7, 11) is 0. The predicted octanol–water partition coefficient (Wildman–Crippen LogP) is 5.86. The van der Waals surface area contributed by atoms with Gasteiger partial charge in [-0.1, -0.05) is 38.7 Å². The molecule has 0 bridgehead atoms. The molecule has 1 unspecified atom stereocenters. The zero-order chi connectivity index (χ0) is 27.6. The molecule has 38 heavy (non-hydrogen) atoms. The predicted molar refractivity (Wildman–Crippen MR) is 144 cm³/mol. The Bertz CT molecular complexity index is 1270. The first-order valence-electron chi connectivity index (χ1n) is 13.6. The molecule has 3 aliphatic carbocycles. The van der Waals surface area contributed by atoms with E-state index in [1.54, 1.807) is 13.0 Å². The van der Waals surface area contributed by atoms with Crippen LogP contribution in [0.1, 0.15) is 67.2 Å². The quantitative estimate of drug-likeness (QED) is 0.344. The molecule has 6 heteroatoms. The fourth-order valence-corrected chi connectivity index (χ4v) is 7.57. The van der Waals surface area contributed by atoms with Gasteiger partial charge in [0.05, 0.1) is 0 Å². The molecule has 1 fully saturated rings. The second-order valence-corrected chi connectivity index (χ2v) is 12.3. The molecule has 5 aliphatic rings. The largest absolute Gasteiger partial charge is 0.458 e. The average molecular weight is 519 g/mol. The van der Waals surface area contributed by atoms with Crippen LogP contribution in [-0.2, 0) is 28.6 Å². The van der Waals surface area contributed by atoms with E-state index in [1.807, 2.05) is 19.9 Å². The summed E-state index contributed by atoms with van der Waals surface area (Å²) in [5.74, 6) is -0.871. The van der Waals surface area contributed by atoms with Gasteiger partial charge in [-0.25, -0.2) is 9.59 Å². The number of hydrogen-bond donors (Lipinski definition) is 0. The Labute approximate surface area is 225 Å². The Balaban J connectivity index is 1.54. The van der Waals surface area contributed by atoms with Crippen LogP contribution in [0.3, 0.4) is 0 Å². The molecule has 0 aromatic heterocycles. The molecule has 0 saturated heterocycles. The second kappa shape index (κ2) is 8.96. The normalized spacial score (nSPS) is 36.5. The average Bonchev–Trinajstić information content (AvgIpc) is 2.91. The van der Waals surface area contributed by atoms with Gasteiger partial charge < -0.3 is 14.2 Å². The van der Waals surface area contributed by atoms with Crippen LogP contribution in [0.15, 0.2) is 70.9 Å². The Morgan fingerprint density at radius 1 is 1.13 bits per heavy atom. The highest BCUT2D eigenvalue weighted by Crippen LogP contribution is 2.65. The van der Waals surface area contributed by atoms with Crippen LogP contribution in [0.5, 0.6) is 0 Å². The van der Waals surface area contributed by atoms with Crippen molar-refractivity contribution in [3.8, 4) is 0 Å². The third-order valence-electron chi connectivity index (χ3n) is 9.55. The van der Waals surface area contributed by atoms with E-state index in [2.05, 4.69) is 38.7 Å². The number of carbonyl (C=O) groups is 3.